The van der Waals surface area contributed by atoms with Gasteiger partial charge in [0.05, 0.1) is 11.8 Å². The molecule has 3 aromatic rings. The van der Waals surface area contributed by atoms with Crippen molar-refractivity contribution >= 4 is 28.7 Å². The van der Waals surface area contributed by atoms with Crippen LogP contribution in [0.5, 0.6) is 0 Å². The molecule has 1 N–H and O–H groups in total. The summed E-state index contributed by atoms with van der Waals surface area (Å²) in [5, 5.41) is 12.4. The Morgan fingerprint density at radius 3 is 2.56 bits per heavy atom. The van der Waals surface area contributed by atoms with E-state index in [-0.39, 0.29) is 11.3 Å². The second-order valence-electron chi connectivity index (χ2n) is 6.09. The molecule has 5 nitrogen and oxygen atoms in total. The van der Waals surface area contributed by atoms with Gasteiger partial charge in [0.15, 0.2) is 11.5 Å². The third kappa shape index (κ3) is 2.76. The number of halogens is 1. The van der Waals surface area contributed by atoms with Gasteiger partial charge in [0.25, 0.3) is 5.91 Å². The van der Waals surface area contributed by atoms with Crippen molar-refractivity contribution < 1.29 is 23.5 Å². The first-order valence-corrected chi connectivity index (χ1v) is 9.01. The molecule has 0 bridgehead atoms. The largest absolute Gasteiger partial charge is 0.503 e. The van der Waals surface area contributed by atoms with Gasteiger partial charge in [-0.3, -0.25) is 14.5 Å². The third-order valence-electron chi connectivity index (χ3n) is 4.45. The van der Waals surface area contributed by atoms with Gasteiger partial charge in [-0.1, -0.05) is 0 Å². The molecule has 0 spiro atoms. The molecule has 1 aliphatic rings. The number of anilines is 1. The number of aliphatic hydroxyl groups excluding tert-OH is 1. The van der Waals surface area contributed by atoms with Crippen LogP contribution in [0.1, 0.15) is 27.0 Å². The highest BCUT2D eigenvalue weighted by molar-refractivity contribution is 7.10. The van der Waals surface area contributed by atoms with Crippen molar-refractivity contribution in [2.24, 2.45) is 0 Å². The molecule has 1 atom stereocenters. The fourth-order valence-corrected chi connectivity index (χ4v) is 4.18. The Morgan fingerprint density at radius 1 is 1.22 bits per heavy atom. The summed E-state index contributed by atoms with van der Waals surface area (Å²) in [4.78, 5) is 27.9. The predicted molar refractivity (Wildman–Crippen MR) is 98.4 cm³/mol. The fraction of sp³-hybridized carbons (Fsp3) is 0.100. The quantitative estimate of drug-likeness (QED) is 0.670. The van der Waals surface area contributed by atoms with Crippen molar-refractivity contribution in [2.75, 3.05) is 4.90 Å². The first-order valence-electron chi connectivity index (χ1n) is 8.13. The van der Waals surface area contributed by atoms with Crippen LogP contribution in [0.4, 0.5) is 10.1 Å². The summed E-state index contributed by atoms with van der Waals surface area (Å²) >= 11 is 1.37. The maximum absolute atomic E-state index is 13.3. The molecule has 136 valence electrons. The molecule has 0 saturated carbocycles. The molecule has 1 aliphatic heterocycles. The van der Waals surface area contributed by atoms with Crippen LogP contribution in [0.3, 0.4) is 0 Å². The molecule has 1 amide bonds. The number of nitrogens with zero attached hydrogens (tertiary/aromatic N) is 1. The number of aliphatic hydroxyl groups is 1. The lowest BCUT2D eigenvalue weighted by molar-refractivity contribution is -0.117. The number of Topliss-reactive ketones (excluding diaryl/α,β-unsaturated/α-hetero) is 1. The third-order valence-corrected chi connectivity index (χ3v) is 5.52. The van der Waals surface area contributed by atoms with Gasteiger partial charge in [-0.05, 0) is 60.3 Å². The zero-order valence-electron chi connectivity index (χ0n) is 14.2. The van der Waals surface area contributed by atoms with Crippen molar-refractivity contribution in [3.8, 4) is 0 Å². The zero-order valence-corrected chi connectivity index (χ0v) is 15.0. The average Bonchev–Trinajstić information content (AvgIpc) is 3.37. The van der Waals surface area contributed by atoms with Crippen LogP contribution >= 0.6 is 11.3 Å². The molecule has 0 aliphatic carbocycles. The summed E-state index contributed by atoms with van der Waals surface area (Å²) < 4.78 is 18.5. The number of carbonyl (C=O) groups excluding carboxylic acids is 2. The Morgan fingerprint density at radius 2 is 1.96 bits per heavy atom. The molecular weight excluding hydrogens is 369 g/mol. The van der Waals surface area contributed by atoms with Gasteiger partial charge in [-0.25, -0.2) is 4.39 Å². The van der Waals surface area contributed by atoms with E-state index in [1.807, 2.05) is 18.4 Å². The van der Waals surface area contributed by atoms with Crippen molar-refractivity contribution in [1.82, 2.24) is 0 Å². The number of hydrogen-bond donors (Lipinski definition) is 1. The summed E-state index contributed by atoms with van der Waals surface area (Å²) in [5.74, 6) is -2.32. The van der Waals surface area contributed by atoms with E-state index in [1.165, 1.54) is 52.8 Å². The summed E-state index contributed by atoms with van der Waals surface area (Å²) in [7, 11) is 0. The summed E-state index contributed by atoms with van der Waals surface area (Å²) in [6, 6.07) is 9.43. The smallest absolute Gasteiger partial charge is 0.294 e. The van der Waals surface area contributed by atoms with Gasteiger partial charge < -0.3 is 9.52 Å². The van der Waals surface area contributed by atoms with Gasteiger partial charge in [-0.15, -0.1) is 11.3 Å². The number of aryl methyl sites for hydroxylation is 1. The molecule has 1 unspecified atom stereocenters. The van der Waals surface area contributed by atoms with Crippen molar-refractivity contribution in [3.63, 3.8) is 0 Å². The van der Waals surface area contributed by atoms with Gasteiger partial charge >= 0.3 is 0 Å². The number of furan rings is 1. The number of ketones is 1. The molecular formula is C20H14FNO4S. The summed E-state index contributed by atoms with van der Waals surface area (Å²) in [6.07, 6.45) is 1.35. The Labute approximate surface area is 158 Å². The zero-order chi connectivity index (χ0) is 19.1. The number of rotatable bonds is 4. The molecule has 3 heterocycles. The van der Waals surface area contributed by atoms with E-state index < -0.39 is 29.3 Å². The van der Waals surface area contributed by atoms with Gasteiger partial charge in [0.2, 0.25) is 5.78 Å². The van der Waals surface area contributed by atoms with E-state index >= 15 is 0 Å². The van der Waals surface area contributed by atoms with Crippen molar-refractivity contribution in [1.29, 1.82) is 0 Å². The molecule has 27 heavy (non-hydrogen) atoms. The van der Waals surface area contributed by atoms with E-state index in [4.69, 9.17) is 4.42 Å². The molecule has 7 heteroatoms. The fourth-order valence-electron chi connectivity index (χ4n) is 3.16. The minimum absolute atomic E-state index is 0.0320. The lowest BCUT2D eigenvalue weighted by atomic mass is 9.98. The second-order valence-corrected chi connectivity index (χ2v) is 7.04. The maximum atomic E-state index is 13.3. The number of hydrogen-bond acceptors (Lipinski definition) is 5. The Kier molecular flexibility index (Phi) is 4.16. The Balaban J connectivity index is 1.89. The number of benzene rings is 1. The first-order chi connectivity index (χ1) is 13.0. The van der Waals surface area contributed by atoms with Crippen LogP contribution in [-0.2, 0) is 4.79 Å². The average molecular weight is 383 g/mol. The molecule has 1 aromatic carbocycles. The van der Waals surface area contributed by atoms with E-state index in [1.54, 1.807) is 6.07 Å². The minimum Gasteiger partial charge on any atom is -0.503 e. The van der Waals surface area contributed by atoms with Crippen LogP contribution in [0.2, 0.25) is 0 Å². The Hall–Kier alpha value is -3.19. The van der Waals surface area contributed by atoms with E-state index in [2.05, 4.69) is 0 Å². The summed E-state index contributed by atoms with van der Waals surface area (Å²) in [6.45, 7) is 1.86. The standard InChI is InChI=1S/C20H14FNO4S/c1-11-8-10-27-19(11)16-15(17(23)14-3-2-9-26-14)18(24)20(25)22(16)13-6-4-12(21)5-7-13/h2-10,16,24H,1H3. The van der Waals surface area contributed by atoms with Crippen LogP contribution < -0.4 is 4.90 Å². The number of carbonyl (C=O) groups is 2. The van der Waals surface area contributed by atoms with E-state index in [9.17, 15) is 19.1 Å². The van der Waals surface area contributed by atoms with Gasteiger partial charge in [0.1, 0.15) is 11.9 Å². The van der Waals surface area contributed by atoms with E-state index in [0.29, 0.717) is 5.69 Å². The SMILES string of the molecule is Cc1ccsc1C1C(C(=O)c2ccco2)=C(O)C(=O)N1c1ccc(F)cc1. The van der Waals surface area contributed by atoms with E-state index in [0.717, 1.165) is 10.4 Å². The monoisotopic (exact) mass is 383 g/mol. The van der Waals surface area contributed by atoms with Crippen LogP contribution in [0.15, 0.2) is 69.9 Å². The molecule has 2 aromatic heterocycles. The lowest BCUT2D eigenvalue weighted by Crippen LogP contribution is -2.30. The predicted octanol–water partition coefficient (Wildman–Crippen LogP) is 4.57. The summed E-state index contributed by atoms with van der Waals surface area (Å²) in [5.41, 5.74) is 1.21. The molecule has 4 rings (SSSR count). The first kappa shape index (κ1) is 17.2. The second kappa shape index (κ2) is 6.51. The number of thiophene rings is 1. The molecule has 0 radical (unpaired) electrons. The van der Waals surface area contributed by atoms with Crippen LogP contribution in [0.25, 0.3) is 0 Å². The highest BCUT2D eigenvalue weighted by atomic mass is 32.1. The highest BCUT2D eigenvalue weighted by Crippen LogP contribution is 2.44. The molecule has 0 fully saturated rings. The van der Waals surface area contributed by atoms with Crippen molar-refractivity contribution in [2.45, 2.75) is 13.0 Å². The maximum Gasteiger partial charge on any atom is 0.294 e. The molecule has 0 saturated heterocycles. The van der Waals surface area contributed by atoms with Gasteiger partial charge in [0, 0.05) is 10.6 Å². The minimum atomic E-state index is -0.819. The Bertz CT molecular complexity index is 1050. The highest BCUT2D eigenvalue weighted by Gasteiger charge is 2.46. The normalized spacial score (nSPS) is 17.0. The lowest BCUT2D eigenvalue weighted by Gasteiger charge is -2.26. The van der Waals surface area contributed by atoms with Gasteiger partial charge in [-0.2, -0.15) is 0 Å². The van der Waals surface area contributed by atoms with Crippen molar-refractivity contribution in [3.05, 3.63) is 87.5 Å². The topological polar surface area (TPSA) is 70.7 Å². The van der Waals surface area contributed by atoms with Crippen LogP contribution in [-0.4, -0.2) is 16.8 Å². The number of amides is 1. The van der Waals surface area contributed by atoms with Crippen LogP contribution in [0, 0.1) is 12.7 Å².